The molecule has 3 rings (SSSR count). The van der Waals surface area contributed by atoms with Crippen LogP contribution in [-0.4, -0.2) is 47.2 Å². The first-order valence-electron chi connectivity index (χ1n) is 9.90. The fourth-order valence-electron chi connectivity index (χ4n) is 3.09. The third kappa shape index (κ3) is 7.13. The van der Waals surface area contributed by atoms with Crippen molar-refractivity contribution in [3.05, 3.63) is 59.7 Å². The van der Waals surface area contributed by atoms with E-state index >= 15 is 0 Å². The van der Waals surface area contributed by atoms with Crippen molar-refractivity contribution in [2.24, 2.45) is 4.99 Å². The average Bonchev–Trinajstić information content (AvgIpc) is 3.20. The minimum Gasteiger partial charge on any atom is -0.493 e. The fourth-order valence-corrected chi connectivity index (χ4v) is 4.14. The third-order valence-electron chi connectivity index (χ3n) is 4.53. The van der Waals surface area contributed by atoms with E-state index in [1.54, 1.807) is 30.3 Å². The number of benzene rings is 2. The van der Waals surface area contributed by atoms with Crippen LogP contribution in [0.2, 0.25) is 0 Å². The van der Waals surface area contributed by atoms with Gasteiger partial charge in [0.1, 0.15) is 5.75 Å². The second-order valence-electron chi connectivity index (χ2n) is 6.69. The summed E-state index contributed by atoms with van der Waals surface area (Å²) in [5.74, 6) is 1.67. The molecule has 7 nitrogen and oxygen atoms in total. The largest absolute Gasteiger partial charge is 0.493 e. The molecular weight excluding hydrogens is 515 g/mol. The Hall–Kier alpha value is -1.85. The summed E-state index contributed by atoms with van der Waals surface area (Å²) in [5, 5.41) is 6.48. The zero-order valence-corrected chi connectivity index (χ0v) is 20.2. The van der Waals surface area contributed by atoms with Gasteiger partial charge in [-0.15, -0.1) is 24.0 Å². The maximum atomic E-state index is 12.2. The van der Waals surface area contributed by atoms with Crippen molar-refractivity contribution in [2.75, 3.05) is 32.8 Å². The first kappa shape index (κ1) is 24.4. The van der Waals surface area contributed by atoms with Gasteiger partial charge in [-0.3, -0.25) is 4.99 Å². The lowest BCUT2D eigenvalue weighted by Gasteiger charge is -2.12. The van der Waals surface area contributed by atoms with Crippen molar-refractivity contribution in [2.45, 2.75) is 24.7 Å². The number of sulfonamides is 1. The molecule has 0 aromatic heterocycles. The first-order valence-corrected chi connectivity index (χ1v) is 11.4. The molecule has 0 spiro atoms. The second-order valence-corrected chi connectivity index (χ2v) is 8.46. The molecule has 0 fully saturated rings. The molecule has 1 heterocycles. The fraction of sp³-hybridized carbons (Fsp3) is 0.381. The number of aliphatic imine (C=N–C) groups is 1. The molecular formula is C21H29IN4O3S. The highest BCUT2D eigenvalue weighted by Gasteiger charge is 2.13. The molecule has 1 aliphatic heterocycles. The maximum Gasteiger partial charge on any atom is 0.240 e. The van der Waals surface area contributed by atoms with Gasteiger partial charge in [0.15, 0.2) is 5.96 Å². The predicted molar refractivity (Wildman–Crippen MR) is 130 cm³/mol. The summed E-state index contributed by atoms with van der Waals surface area (Å²) in [5.41, 5.74) is 2.53. The molecule has 0 aliphatic carbocycles. The lowest BCUT2D eigenvalue weighted by atomic mass is 10.1. The minimum absolute atomic E-state index is 0. The summed E-state index contributed by atoms with van der Waals surface area (Å²) in [6.07, 6.45) is 1.85. The predicted octanol–water partition coefficient (Wildman–Crippen LogP) is 2.32. The van der Waals surface area contributed by atoms with E-state index in [1.807, 2.05) is 13.0 Å². The van der Waals surface area contributed by atoms with Gasteiger partial charge in [0.05, 0.1) is 18.0 Å². The van der Waals surface area contributed by atoms with Crippen molar-refractivity contribution in [1.29, 1.82) is 0 Å². The number of hydrogen-bond acceptors (Lipinski definition) is 4. The normalized spacial score (nSPS) is 13.2. The topological polar surface area (TPSA) is 91.8 Å². The summed E-state index contributed by atoms with van der Waals surface area (Å²) in [6.45, 7) is 4.81. The summed E-state index contributed by atoms with van der Waals surface area (Å²) < 4.78 is 32.5. The molecule has 0 atom stereocenters. The zero-order valence-electron chi connectivity index (χ0n) is 17.1. The molecule has 2 aromatic rings. The Morgan fingerprint density at radius 2 is 1.90 bits per heavy atom. The van der Waals surface area contributed by atoms with Crippen LogP contribution in [0, 0.1) is 0 Å². The Balaban J connectivity index is 0.00000320. The van der Waals surface area contributed by atoms with E-state index in [9.17, 15) is 8.42 Å². The SMILES string of the molecule is CCNC(=NCCNS(=O)(=O)c1ccccc1)NCCc1ccc2c(c1)CCO2.I. The number of nitrogens with zero attached hydrogens (tertiary/aromatic N) is 1. The number of rotatable bonds is 9. The van der Waals surface area contributed by atoms with Crippen molar-refractivity contribution >= 4 is 40.0 Å². The molecule has 0 saturated carbocycles. The zero-order chi connectivity index (χ0) is 20.5. The van der Waals surface area contributed by atoms with Gasteiger partial charge >= 0.3 is 0 Å². The summed E-state index contributed by atoms with van der Waals surface area (Å²) >= 11 is 0. The van der Waals surface area contributed by atoms with Gasteiger partial charge < -0.3 is 15.4 Å². The van der Waals surface area contributed by atoms with Crippen LogP contribution in [0.15, 0.2) is 58.4 Å². The smallest absolute Gasteiger partial charge is 0.240 e. The van der Waals surface area contributed by atoms with E-state index in [-0.39, 0.29) is 35.4 Å². The molecule has 0 amide bonds. The average molecular weight is 544 g/mol. The van der Waals surface area contributed by atoms with E-state index in [0.29, 0.717) is 12.5 Å². The Morgan fingerprint density at radius 3 is 2.67 bits per heavy atom. The van der Waals surface area contributed by atoms with Crippen molar-refractivity contribution in [1.82, 2.24) is 15.4 Å². The van der Waals surface area contributed by atoms with Gasteiger partial charge in [-0.05, 0) is 42.7 Å². The van der Waals surface area contributed by atoms with Crippen LogP contribution in [0.1, 0.15) is 18.1 Å². The van der Waals surface area contributed by atoms with Crippen LogP contribution in [-0.2, 0) is 22.9 Å². The van der Waals surface area contributed by atoms with Gasteiger partial charge in [-0.1, -0.05) is 30.3 Å². The number of hydrogen-bond donors (Lipinski definition) is 3. The molecule has 9 heteroatoms. The van der Waals surface area contributed by atoms with Crippen LogP contribution in [0.4, 0.5) is 0 Å². The highest BCUT2D eigenvalue weighted by molar-refractivity contribution is 14.0. The van der Waals surface area contributed by atoms with E-state index in [2.05, 4.69) is 32.5 Å². The Kier molecular flexibility index (Phi) is 9.86. The van der Waals surface area contributed by atoms with Gasteiger partial charge in [-0.25, -0.2) is 13.1 Å². The summed E-state index contributed by atoms with van der Waals surface area (Å²) in [4.78, 5) is 4.70. The highest BCUT2D eigenvalue weighted by atomic mass is 127. The molecule has 3 N–H and O–H groups in total. The minimum atomic E-state index is -3.50. The number of guanidine groups is 1. The monoisotopic (exact) mass is 544 g/mol. The van der Waals surface area contributed by atoms with Gasteiger partial charge in [-0.2, -0.15) is 0 Å². The maximum absolute atomic E-state index is 12.2. The van der Waals surface area contributed by atoms with Crippen LogP contribution in [0.5, 0.6) is 5.75 Å². The molecule has 30 heavy (non-hydrogen) atoms. The summed E-state index contributed by atoms with van der Waals surface area (Å²) in [6, 6.07) is 14.7. The Bertz CT molecular complexity index is 937. The lowest BCUT2D eigenvalue weighted by Crippen LogP contribution is -2.39. The molecule has 2 aromatic carbocycles. The number of fused-ring (bicyclic) bond motifs is 1. The molecule has 0 unspecified atom stereocenters. The number of ether oxygens (including phenoxy) is 1. The molecule has 164 valence electrons. The van der Waals surface area contributed by atoms with Crippen LogP contribution in [0.3, 0.4) is 0 Å². The molecule has 0 saturated heterocycles. The lowest BCUT2D eigenvalue weighted by molar-refractivity contribution is 0.357. The Morgan fingerprint density at radius 1 is 1.10 bits per heavy atom. The van der Waals surface area contributed by atoms with Gasteiger partial charge in [0.2, 0.25) is 10.0 Å². The first-order chi connectivity index (χ1) is 14.1. The number of halogens is 1. The van der Waals surface area contributed by atoms with E-state index in [4.69, 9.17) is 4.74 Å². The second kappa shape index (κ2) is 12.1. The van der Waals surface area contributed by atoms with Gasteiger partial charge in [0, 0.05) is 26.1 Å². The van der Waals surface area contributed by atoms with E-state index in [0.717, 1.165) is 38.3 Å². The van der Waals surface area contributed by atoms with Crippen molar-refractivity contribution < 1.29 is 13.2 Å². The molecule has 0 radical (unpaired) electrons. The van der Waals surface area contributed by atoms with Gasteiger partial charge in [0.25, 0.3) is 0 Å². The summed E-state index contributed by atoms with van der Waals surface area (Å²) in [7, 11) is -3.50. The van der Waals surface area contributed by atoms with Crippen molar-refractivity contribution in [3.63, 3.8) is 0 Å². The van der Waals surface area contributed by atoms with E-state index < -0.39 is 10.0 Å². The third-order valence-corrected chi connectivity index (χ3v) is 6.01. The van der Waals surface area contributed by atoms with Crippen molar-refractivity contribution in [3.8, 4) is 5.75 Å². The molecule has 1 aliphatic rings. The van der Waals surface area contributed by atoms with Crippen LogP contribution < -0.4 is 20.1 Å². The van der Waals surface area contributed by atoms with E-state index in [1.165, 1.54) is 11.1 Å². The quantitative estimate of drug-likeness (QED) is 0.195. The van der Waals surface area contributed by atoms with Crippen LogP contribution in [0.25, 0.3) is 0 Å². The Labute approximate surface area is 195 Å². The number of nitrogens with one attached hydrogen (secondary N) is 3. The van der Waals surface area contributed by atoms with Crippen LogP contribution >= 0.6 is 24.0 Å². The highest BCUT2D eigenvalue weighted by Crippen LogP contribution is 2.25. The standard InChI is InChI=1S/C21H28N4O3S.HI/c1-2-22-21(23-12-10-17-8-9-20-18(16-17)11-15-28-20)24-13-14-25-29(26,27)19-6-4-3-5-7-19;/h3-9,16,25H,2,10-15H2,1H3,(H2,22,23,24);1H. The molecule has 0 bridgehead atoms.